The lowest BCUT2D eigenvalue weighted by Gasteiger charge is -2.24. The van der Waals surface area contributed by atoms with Crippen molar-refractivity contribution in [1.82, 2.24) is 10.2 Å². The molecule has 2 aliphatic rings. The van der Waals surface area contributed by atoms with Gasteiger partial charge in [0.2, 0.25) is 0 Å². The Morgan fingerprint density at radius 1 is 1.28 bits per heavy atom. The second-order valence-electron chi connectivity index (χ2n) is 8.35. The van der Waals surface area contributed by atoms with Crippen LogP contribution in [0.25, 0.3) is 0 Å². The first-order valence-electron chi connectivity index (χ1n) is 9.38. The number of fused-ring (bicyclic) bond motifs is 1. The zero-order valence-electron chi connectivity index (χ0n) is 15.7. The van der Waals surface area contributed by atoms with Crippen molar-refractivity contribution in [2.75, 3.05) is 6.54 Å². The summed E-state index contributed by atoms with van der Waals surface area (Å²) < 4.78 is 5.49. The summed E-state index contributed by atoms with van der Waals surface area (Å²) in [7, 11) is 0. The second-order valence-corrected chi connectivity index (χ2v) is 8.35. The number of carbonyl (C=O) groups is 1. The van der Waals surface area contributed by atoms with E-state index in [-0.39, 0.29) is 6.09 Å². The van der Waals surface area contributed by atoms with E-state index in [2.05, 4.69) is 23.5 Å². The molecule has 1 fully saturated rings. The number of hydrogen-bond donors (Lipinski definition) is 2. The van der Waals surface area contributed by atoms with Crippen molar-refractivity contribution in [2.45, 2.75) is 71.3 Å². The van der Waals surface area contributed by atoms with Crippen molar-refractivity contribution in [3.8, 4) is 0 Å². The van der Waals surface area contributed by atoms with Crippen molar-refractivity contribution in [3.63, 3.8) is 0 Å². The van der Waals surface area contributed by atoms with Gasteiger partial charge in [0.15, 0.2) is 0 Å². The standard InChI is InChI=1S/C20H31N3O2/c1-20(2,3)25-19(24)23-12-16-8-7-14(9-17(16)13-23)11-22-18-6-4-5-15(18)10-21/h7-9,15,18,22H,4-6,10-13,21H2,1-3H3. The summed E-state index contributed by atoms with van der Waals surface area (Å²) in [4.78, 5) is 14.0. The summed E-state index contributed by atoms with van der Waals surface area (Å²) in [6.45, 7) is 8.59. The monoisotopic (exact) mass is 345 g/mol. The summed E-state index contributed by atoms with van der Waals surface area (Å²) in [5, 5.41) is 3.67. The number of amides is 1. The molecular weight excluding hydrogens is 314 g/mol. The molecule has 5 heteroatoms. The molecule has 0 radical (unpaired) electrons. The van der Waals surface area contributed by atoms with E-state index in [9.17, 15) is 4.79 Å². The highest BCUT2D eigenvalue weighted by Gasteiger charge is 2.28. The lowest BCUT2D eigenvalue weighted by molar-refractivity contribution is 0.0242. The minimum atomic E-state index is -0.457. The average Bonchev–Trinajstić information content (AvgIpc) is 3.16. The topological polar surface area (TPSA) is 67.6 Å². The zero-order chi connectivity index (χ0) is 18.0. The van der Waals surface area contributed by atoms with Gasteiger partial charge in [0.1, 0.15) is 5.60 Å². The van der Waals surface area contributed by atoms with Crippen LogP contribution in [0.4, 0.5) is 4.79 Å². The molecule has 1 aromatic rings. The van der Waals surface area contributed by atoms with E-state index in [1.54, 1.807) is 4.90 Å². The van der Waals surface area contributed by atoms with Crippen molar-refractivity contribution in [3.05, 3.63) is 34.9 Å². The number of benzene rings is 1. The predicted octanol–water partition coefficient (Wildman–Crippen LogP) is 3.15. The van der Waals surface area contributed by atoms with Crippen LogP contribution in [-0.4, -0.2) is 29.2 Å². The average molecular weight is 345 g/mol. The van der Waals surface area contributed by atoms with Gasteiger partial charge in [-0.05, 0) is 62.8 Å². The number of hydrogen-bond acceptors (Lipinski definition) is 4. The smallest absolute Gasteiger partial charge is 0.410 e. The zero-order valence-corrected chi connectivity index (χ0v) is 15.7. The van der Waals surface area contributed by atoms with Gasteiger partial charge in [-0.25, -0.2) is 4.79 Å². The Hall–Kier alpha value is -1.59. The Bertz CT molecular complexity index is 624. The molecule has 0 saturated heterocycles. The molecule has 5 nitrogen and oxygen atoms in total. The molecule has 25 heavy (non-hydrogen) atoms. The second kappa shape index (κ2) is 7.34. The van der Waals surface area contributed by atoms with Gasteiger partial charge in [-0.1, -0.05) is 24.6 Å². The maximum Gasteiger partial charge on any atom is 0.410 e. The lowest BCUT2D eigenvalue weighted by atomic mass is 10.0. The number of carbonyl (C=O) groups excluding carboxylic acids is 1. The molecule has 1 aromatic carbocycles. The van der Waals surface area contributed by atoms with Gasteiger partial charge < -0.3 is 15.8 Å². The van der Waals surface area contributed by atoms with E-state index >= 15 is 0 Å². The molecule has 1 amide bonds. The molecule has 2 atom stereocenters. The summed E-state index contributed by atoms with van der Waals surface area (Å²) >= 11 is 0. The highest BCUT2D eigenvalue weighted by Crippen LogP contribution is 2.27. The summed E-state index contributed by atoms with van der Waals surface area (Å²) in [6.07, 6.45) is 3.50. The molecule has 1 aliphatic carbocycles. The van der Waals surface area contributed by atoms with E-state index in [4.69, 9.17) is 10.5 Å². The third-order valence-electron chi connectivity index (χ3n) is 5.17. The molecule has 138 valence electrons. The van der Waals surface area contributed by atoms with Crippen LogP contribution < -0.4 is 11.1 Å². The molecule has 3 N–H and O–H groups in total. The molecule has 3 rings (SSSR count). The van der Waals surface area contributed by atoms with Gasteiger partial charge in [-0.2, -0.15) is 0 Å². The van der Waals surface area contributed by atoms with Gasteiger partial charge in [0, 0.05) is 25.7 Å². The number of nitrogens with two attached hydrogens (primary N) is 1. The Labute approximate surface area is 150 Å². The molecule has 0 spiro atoms. The summed E-state index contributed by atoms with van der Waals surface area (Å²) in [6, 6.07) is 7.07. The lowest BCUT2D eigenvalue weighted by Crippen LogP contribution is -2.35. The van der Waals surface area contributed by atoms with Crippen LogP contribution in [0, 0.1) is 5.92 Å². The SMILES string of the molecule is CC(C)(C)OC(=O)N1Cc2ccc(CNC3CCCC3CN)cc2C1. The summed E-state index contributed by atoms with van der Waals surface area (Å²) in [5.41, 5.74) is 9.13. The minimum Gasteiger partial charge on any atom is -0.444 e. The van der Waals surface area contributed by atoms with Gasteiger partial charge in [-0.15, -0.1) is 0 Å². The van der Waals surface area contributed by atoms with Crippen LogP contribution in [0.15, 0.2) is 18.2 Å². The van der Waals surface area contributed by atoms with Crippen LogP contribution in [0.1, 0.15) is 56.7 Å². The maximum absolute atomic E-state index is 12.3. The van der Waals surface area contributed by atoms with Crippen molar-refractivity contribution in [2.24, 2.45) is 11.7 Å². The van der Waals surface area contributed by atoms with Crippen LogP contribution in [0.3, 0.4) is 0 Å². The quantitative estimate of drug-likeness (QED) is 0.880. The number of nitrogens with one attached hydrogen (secondary N) is 1. The number of rotatable bonds is 4. The van der Waals surface area contributed by atoms with Gasteiger partial charge in [-0.3, -0.25) is 4.90 Å². The van der Waals surface area contributed by atoms with Crippen molar-refractivity contribution < 1.29 is 9.53 Å². The third-order valence-corrected chi connectivity index (χ3v) is 5.17. The summed E-state index contributed by atoms with van der Waals surface area (Å²) in [5.74, 6) is 0.608. The first-order valence-corrected chi connectivity index (χ1v) is 9.38. The Balaban J connectivity index is 1.57. The van der Waals surface area contributed by atoms with Crippen LogP contribution >= 0.6 is 0 Å². The first-order chi connectivity index (χ1) is 11.9. The van der Waals surface area contributed by atoms with Crippen molar-refractivity contribution in [1.29, 1.82) is 0 Å². The van der Waals surface area contributed by atoms with Gasteiger partial charge in [0.05, 0.1) is 0 Å². The van der Waals surface area contributed by atoms with Crippen LogP contribution in [0.2, 0.25) is 0 Å². The van der Waals surface area contributed by atoms with Crippen molar-refractivity contribution >= 4 is 6.09 Å². The fourth-order valence-electron chi connectivity index (χ4n) is 3.85. The molecule has 0 bridgehead atoms. The van der Waals surface area contributed by atoms with Gasteiger partial charge >= 0.3 is 6.09 Å². The highest BCUT2D eigenvalue weighted by atomic mass is 16.6. The number of ether oxygens (including phenoxy) is 1. The van der Waals surface area contributed by atoms with E-state index in [1.165, 1.54) is 36.0 Å². The predicted molar refractivity (Wildman–Crippen MR) is 98.9 cm³/mol. The van der Waals surface area contributed by atoms with Crippen LogP contribution in [0.5, 0.6) is 0 Å². The van der Waals surface area contributed by atoms with E-state index < -0.39 is 5.60 Å². The molecule has 1 aliphatic heterocycles. The Kier molecular flexibility index (Phi) is 5.35. The minimum absolute atomic E-state index is 0.236. The molecular formula is C20H31N3O2. The van der Waals surface area contributed by atoms with E-state index in [0.717, 1.165) is 13.1 Å². The third kappa shape index (κ3) is 4.53. The van der Waals surface area contributed by atoms with E-state index in [0.29, 0.717) is 25.0 Å². The van der Waals surface area contributed by atoms with Gasteiger partial charge in [0.25, 0.3) is 0 Å². The van der Waals surface area contributed by atoms with Crippen LogP contribution in [-0.2, 0) is 24.4 Å². The first kappa shape index (κ1) is 18.2. The fourth-order valence-corrected chi connectivity index (χ4v) is 3.85. The molecule has 2 unspecified atom stereocenters. The highest BCUT2D eigenvalue weighted by molar-refractivity contribution is 5.69. The maximum atomic E-state index is 12.3. The molecule has 1 saturated carbocycles. The van der Waals surface area contributed by atoms with E-state index in [1.807, 2.05) is 20.8 Å². The normalized spacial score (nSPS) is 23.0. The molecule has 0 aromatic heterocycles. The Morgan fingerprint density at radius 2 is 2.04 bits per heavy atom. The largest absolute Gasteiger partial charge is 0.444 e. The Morgan fingerprint density at radius 3 is 2.76 bits per heavy atom. The number of nitrogens with zero attached hydrogens (tertiary/aromatic N) is 1. The fraction of sp³-hybridized carbons (Fsp3) is 0.650. The molecule has 1 heterocycles.